The van der Waals surface area contributed by atoms with E-state index in [1.54, 1.807) is 0 Å². The van der Waals surface area contributed by atoms with Crippen LogP contribution in [0.15, 0.2) is 0 Å². The number of likely N-dealkylation sites (tertiary alicyclic amines) is 2. The van der Waals surface area contributed by atoms with Gasteiger partial charge in [0.2, 0.25) is 5.91 Å². The van der Waals surface area contributed by atoms with E-state index in [2.05, 4.69) is 49.8 Å². The third-order valence-corrected chi connectivity index (χ3v) is 14.3. The smallest absolute Gasteiger partial charge is 0.233 e. The maximum atomic E-state index is 12.7. The number of amides is 1. The molecule has 3 N–H and O–H groups in total. The Balaban J connectivity index is 0.000000203. The second-order valence-corrected chi connectivity index (χ2v) is 17.8. The van der Waals surface area contributed by atoms with E-state index in [1.165, 1.54) is 90.1 Å². The molecule has 2 saturated heterocycles. The van der Waals surface area contributed by atoms with Crippen LogP contribution < -0.4 is 5.32 Å². The summed E-state index contributed by atoms with van der Waals surface area (Å²) in [6, 6.07) is 2.79. The molecule has 4 saturated carbocycles. The van der Waals surface area contributed by atoms with Crippen molar-refractivity contribution in [2.75, 3.05) is 57.9 Å². The Kier molecular flexibility index (Phi) is 19.0. The molecule has 4 aliphatic carbocycles. The van der Waals surface area contributed by atoms with Crippen molar-refractivity contribution in [3.05, 3.63) is 0 Å². The van der Waals surface area contributed by atoms with Crippen molar-refractivity contribution < 1.29 is 24.5 Å². The lowest BCUT2D eigenvalue weighted by Gasteiger charge is -2.47. The summed E-state index contributed by atoms with van der Waals surface area (Å²) >= 11 is 3.37. The average Bonchev–Trinajstić information content (AvgIpc) is 3.19. The summed E-state index contributed by atoms with van der Waals surface area (Å²) in [4.78, 5) is 20.2. The molecule has 0 bridgehead atoms. The van der Waals surface area contributed by atoms with Crippen LogP contribution in [0.5, 0.6) is 0 Å². The summed E-state index contributed by atoms with van der Waals surface area (Å²) in [5.74, 6) is 1.70. The van der Waals surface area contributed by atoms with E-state index in [-0.39, 0.29) is 30.2 Å². The third-order valence-electron chi connectivity index (χ3n) is 13.8. The number of hydrogen-bond acceptors (Lipinski definition) is 8. The molecule has 0 aromatic rings. The minimum atomic E-state index is -0.351. The fourth-order valence-electron chi connectivity index (χ4n) is 10.6. The number of carbonyl (C=O) groups excluding carboxylic acids is 1. The van der Waals surface area contributed by atoms with Gasteiger partial charge in [-0.05, 0) is 142 Å². The number of nitrogens with one attached hydrogen (secondary N) is 1. The fourth-order valence-corrected chi connectivity index (χ4v) is 10.9. The highest BCUT2D eigenvalue weighted by Crippen LogP contribution is 2.33. The second-order valence-electron chi connectivity index (χ2n) is 17.2. The van der Waals surface area contributed by atoms with E-state index in [4.69, 9.17) is 9.47 Å². The van der Waals surface area contributed by atoms with Crippen molar-refractivity contribution >= 4 is 21.8 Å². The first kappa shape index (κ1) is 42.8. The monoisotopic (exact) mass is 797 g/mol. The molecule has 2 aliphatic heterocycles. The molecular formula is C42H77BrN4O5. The van der Waals surface area contributed by atoms with Gasteiger partial charge in [0, 0.05) is 69.7 Å². The molecule has 0 aromatic carbocycles. The van der Waals surface area contributed by atoms with Gasteiger partial charge >= 0.3 is 0 Å². The number of halogens is 1. The lowest BCUT2D eigenvalue weighted by atomic mass is 9.84. The zero-order chi connectivity index (χ0) is 36.7. The Bertz CT molecular complexity index is 979. The predicted octanol–water partition coefficient (Wildman–Crippen LogP) is 6.51. The highest BCUT2D eigenvalue weighted by molar-refractivity contribution is 9.09. The summed E-state index contributed by atoms with van der Waals surface area (Å²) in [5, 5.41) is 24.8. The quantitative estimate of drug-likeness (QED) is 0.182. The van der Waals surface area contributed by atoms with Crippen molar-refractivity contribution in [3.8, 4) is 0 Å². The summed E-state index contributed by atoms with van der Waals surface area (Å²) < 4.78 is 11.2. The van der Waals surface area contributed by atoms with E-state index in [0.29, 0.717) is 23.5 Å². The molecule has 4 atom stereocenters. The van der Waals surface area contributed by atoms with Crippen LogP contribution in [0, 0.1) is 11.8 Å². The lowest BCUT2D eigenvalue weighted by molar-refractivity contribution is -0.139. The number of rotatable bonds is 13. The molecule has 10 heteroatoms. The van der Waals surface area contributed by atoms with Crippen LogP contribution in [-0.4, -0.2) is 137 Å². The number of ether oxygens (including phenoxy) is 2. The van der Waals surface area contributed by atoms with Crippen LogP contribution in [0.2, 0.25) is 0 Å². The molecule has 6 aliphatic rings. The third kappa shape index (κ3) is 12.9. The Hall–Kier alpha value is -0.330. The zero-order valence-corrected chi connectivity index (χ0v) is 34.7. The highest BCUT2D eigenvalue weighted by Gasteiger charge is 2.38. The number of aliphatic hydroxyl groups is 2. The first-order valence-electron chi connectivity index (χ1n) is 22.0. The van der Waals surface area contributed by atoms with Crippen molar-refractivity contribution in [3.63, 3.8) is 0 Å². The predicted molar refractivity (Wildman–Crippen MR) is 214 cm³/mol. The Labute approximate surface area is 325 Å². The maximum Gasteiger partial charge on any atom is 0.233 e. The van der Waals surface area contributed by atoms with E-state index in [0.717, 1.165) is 109 Å². The first-order valence-corrected chi connectivity index (χ1v) is 23.1. The van der Waals surface area contributed by atoms with Gasteiger partial charge in [0.25, 0.3) is 0 Å². The number of aliphatic hydroxyl groups excluding tert-OH is 2. The largest absolute Gasteiger partial charge is 0.392 e. The molecule has 0 aromatic heterocycles. The summed E-state index contributed by atoms with van der Waals surface area (Å²) in [6.45, 7) is 12.4. The van der Waals surface area contributed by atoms with Crippen molar-refractivity contribution in [1.29, 1.82) is 0 Å². The van der Waals surface area contributed by atoms with Crippen LogP contribution in [-0.2, 0) is 14.3 Å². The second kappa shape index (κ2) is 23.0. The van der Waals surface area contributed by atoms with Gasteiger partial charge in [-0.15, -0.1) is 0 Å². The Morgan fingerprint density at radius 2 is 1.13 bits per heavy atom. The van der Waals surface area contributed by atoms with Crippen LogP contribution in [0.1, 0.15) is 142 Å². The van der Waals surface area contributed by atoms with Crippen LogP contribution >= 0.6 is 15.9 Å². The molecule has 2 heterocycles. The van der Waals surface area contributed by atoms with Gasteiger partial charge < -0.3 is 39.7 Å². The number of nitrogens with zero attached hydrogens (tertiary/aromatic N) is 3. The fraction of sp³-hybridized carbons (Fsp3) is 0.976. The summed E-state index contributed by atoms with van der Waals surface area (Å²) in [6.07, 6.45) is 23.3. The summed E-state index contributed by atoms with van der Waals surface area (Å²) in [7, 11) is 0. The van der Waals surface area contributed by atoms with E-state index >= 15 is 0 Å². The van der Waals surface area contributed by atoms with Gasteiger partial charge in [-0.1, -0.05) is 41.6 Å². The first-order chi connectivity index (χ1) is 25.4. The zero-order valence-electron chi connectivity index (χ0n) is 33.1. The Morgan fingerprint density at radius 1 is 0.654 bits per heavy atom. The molecule has 52 heavy (non-hydrogen) atoms. The molecule has 6 rings (SSSR count). The van der Waals surface area contributed by atoms with Crippen molar-refractivity contribution in [2.24, 2.45) is 11.8 Å². The van der Waals surface area contributed by atoms with E-state index < -0.39 is 0 Å². The standard InChI is InChI=1S/C22H39BrN2O3.C20H38N2O2/c1-2-28-16-17-7-9-18(10-8-17)24-13-11-19(12-14-24)25(22(27)15-23)20-5-3-4-6-21(20)26;1-2-24-15-16-7-9-18(10-8-16)22-13-11-17(12-14-22)21-19-5-3-4-6-20(19)23/h17-21,26H,2-16H2,1H3;16-21,23H,2-15H2,1H3/t17?,18?,20-,21+;16?,18?,19-,20+/m11/s1. The van der Waals surface area contributed by atoms with Crippen LogP contribution in [0.4, 0.5) is 0 Å². The molecule has 1 amide bonds. The Morgan fingerprint density at radius 3 is 1.62 bits per heavy atom. The van der Waals surface area contributed by atoms with Gasteiger partial charge in [0.15, 0.2) is 0 Å². The lowest BCUT2D eigenvalue weighted by Crippen LogP contribution is -2.57. The molecule has 302 valence electrons. The molecule has 0 spiro atoms. The molecule has 0 unspecified atom stereocenters. The number of hydrogen-bond donors (Lipinski definition) is 3. The normalized spacial score (nSPS) is 34.7. The minimum absolute atomic E-state index is 0.0179. The van der Waals surface area contributed by atoms with Crippen molar-refractivity contribution in [1.82, 2.24) is 20.0 Å². The highest BCUT2D eigenvalue weighted by atomic mass is 79.9. The van der Waals surface area contributed by atoms with Crippen molar-refractivity contribution in [2.45, 2.75) is 191 Å². The number of carbonyl (C=O) groups is 1. The van der Waals surface area contributed by atoms with Gasteiger partial charge in [-0.25, -0.2) is 0 Å². The molecule has 9 nitrogen and oxygen atoms in total. The van der Waals surface area contributed by atoms with Crippen LogP contribution in [0.25, 0.3) is 0 Å². The number of alkyl halides is 1. The summed E-state index contributed by atoms with van der Waals surface area (Å²) in [5.41, 5.74) is 0. The van der Waals surface area contributed by atoms with E-state index in [9.17, 15) is 15.0 Å². The topological polar surface area (TPSA) is 97.7 Å². The maximum absolute atomic E-state index is 12.7. The van der Waals surface area contributed by atoms with Crippen LogP contribution in [0.3, 0.4) is 0 Å². The van der Waals surface area contributed by atoms with Gasteiger partial charge in [0.05, 0.1) is 23.6 Å². The van der Waals surface area contributed by atoms with Gasteiger partial charge in [0.1, 0.15) is 0 Å². The van der Waals surface area contributed by atoms with E-state index in [1.807, 2.05) is 0 Å². The molecule has 0 radical (unpaired) electrons. The molecule has 6 fully saturated rings. The van der Waals surface area contributed by atoms with Gasteiger partial charge in [-0.3, -0.25) is 4.79 Å². The average molecular weight is 798 g/mol. The van der Waals surface area contributed by atoms with Gasteiger partial charge in [-0.2, -0.15) is 0 Å². The SMILES string of the molecule is CCOCC1CCC(N2CCC(N(C(=O)CBr)[C@@H]3CCCC[C@@H]3O)CC2)CC1.CCOCC1CCC(N2CCC(N[C@@H]3CCCC[C@@H]3O)CC2)CC1. The minimum Gasteiger partial charge on any atom is -0.392 e. The molecular weight excluding hydrogens is 720 g/mol. The number of piperidine rings is 2.